The minimum absolute atomic E-state index is 0.0826. The third kappa shape index (κ3) is 6.10. The van der Waals surface area contributed by atoms with Crippen LogP contribution in [-0.2, 0) is 24.2 Å². The molecule has 0 radical (unpaired) electrons. The van der Waals surface area contributed by atoms with Crippen LogP contribution >= 0.6 is 34.8 Å². The summed E-state index contributed by atoms with van der Waals surface area (Å²) in [6.45, 7) is 2.34. The van der Waals surface area contributed by atoms with E-state index in [1.54, 1.807) is 36.4 Å². The minimum Gasteiger partial charge on any atom is -0.487 e. The van der Waals surface area contributed by atoms with Gasteiger partial charge in [-0.2, -0.15) is 0 Å². The summed E-state index contributed by atoms with van der Waals surface area (Å²) in [7, 11) is 0. The molecule has 0 bridgehead atoms. The van der Waals surface area contributed by atoms with Crippen LogP contribution in [0, 0.1) is 0 Å². The summed E-state index contributed by atoms with van der Waals surface area (Å²) in [5.41, 5.74) is 2.57. The molecule has 0 fully saturated rings. The second kappa shape index (κ2) is 10.5. The van der Waals surface area contributed by atoms with Crippen LogP contribution in [0.15, 0.2) is 60.7 Å². The molecule has 1 N–H and O–H groups in total. The maximum Gasteiger partial charge on any atom is 0.305 e. The van der Waals surface area contributed by atoms with Crippen LogP contribution in [0.5, 0.6) is 5.75 Å². The fourth-order valence-electron chi connectivity index (χ4n) is 4.36. The van der Waals surface area contributed by atoms with Gasteiger partial charge in [-0.1, -0.05) is 59.1 Å². The molecule has 0 aliphatic carbocycles. The first-order valence-corrected chi connectivity index (χ1v) is 12.3. The van der Waals surface area contributed by atoms with Crippen molar-refractivity contribution < 1.29 is 19.4 Å². The van der Waals surface area contributed by atoms with Gasteiger partial charge < -0.3 is 14.7 Å². The Balaban J connectivity index is 1.54. The van der Waals surface area contributed by atoms with Crippen molar-refractivity contribution in [1.29, 1.82) is 0 Å². The Bertz CT molecular complexity index is 1280. The molecule has 0 spiro atoms. The molecule has 1 heterocycles. The predicted octanol–water partition coefficient (Wildman–Crippen LogP) is 6.70. The first kappa shape index (κ1) is 25.4. The number of nitrogens with zero attached hydrogens (tertiary/aromatic N) is 1. The number of benzene rings is 3. The van der Waals surface area contributed by atoms with Crippen molar-refractivity contribution in [2.45, 2.75) is 38.3 Å². The van der Waals surface area contributed by atoms with Crippen molar-refractivity contribution in [3.63, 3.8) is 0 Å². The molecule has 1 atom stereocenters. The second-order valence-corrected chi connectivity index (χ2v) is 10.2. The fraction of sp³-hybridized carbons (Fsp3) is 0.259. The second-order valence-electron chi connectivity index (χ2n) is 8.94. The maximum atomic E-state index is 13.4. The number of carboxylic acids is 1. The van der Waals surface area contributed by atoms with E-state index in [0.717, 1.165) is 16.7 Å². The predicted molar refractivity (Wildman–Crippen MR) is 138 cm³/mol. The maximum absolute atomic E-state index is 13.4. The Morgan fingerprint density at radius 2 is 1.83 bits per heavy atom. The van der Waals surface area contributed by atoms with E-state index in [1.807, 2.05) is 31.2 Å². The highest BCUT2D eigenvalue weighted by Gasteiger charge is 2.36. The summed E-state index contributed by atoms with van der Waals surface area (Å²) in [5.74, 6) is -0.499. The van der Waals surface area contributed by atoms with E-state index in [1.165, 1.54) is 4.90 Å². The Morgan fingerprint density at radius 3 is 2.57 bits per heavy atom. The van der Waals surface area contributed by atoms with Crippen molar-refractivity contribution in [1.82, 2.24) is 4.90 Å². The van der Waals surface area contributed by atoms with Gasteiger partial charge in [-0.15, -0.1) is 0 Å². The zero-order chi connectivity index (χ0) is 25.2. The van der Waals surface area contributed by atoms with E-state index in [4.69, 9.17) is 39.5 Å². The van der Waals surface area contributed by atoms with Crippen LogP contribution in [0.1, 0.15) is 40.4 Å². The molecule has 35 heavy (non-hydrogen) atoms. The van der Waals surface area contributed by atoms with Crippen LogP contribution in [0.3, 0.4) is 0 Å². The van der Waals surface area contributed by atoms with Crippen molar-refractivity contribution in [2.24, 2.45) is 0 Å². The average Bonchev–Trinajstić information content (AvgIpc) is 3.14. The third-order valence-electron chi connectivity index (χ3n) is 5.97. The van der Waals surface area contributed by atoms with Gasteiger partial charge in [0.15, 0.2) is 0 Å². The number of ether oxygens (including phenoxy) is 1. The third-order valence-corrected chi connectivity index (χ3v) is 7.06. The number of carbonyl (C=O) groups is 2. The monoisotopic (exact) mass is 531 g/mol. The van der Waals surface area contributed by atoms with Gasteiger partial charge >= 0.3 is 5.97 Å². The van der Waals surface area contributed by atoms with Crippen molar-refractivity contribution in [3.8, 4) is 5.75 Å². The van der Waals surface area contributed by atoms with Crippen molar-refractivity contribution in [3.05, 3.63) is 98.0 Å². The lowest BCUT2D eigenvalue weighted by molar-refractivity contribution is -0.137. The number of rotatable bonds is 8. The molecule has 0 unspecified atom stereocenters. The zero-order valence-electron chi connectivity index (χ0n) is 19.1. The summed E-state index contributed by atoms with van der Waals surface area (Å²) < 4.78 is 6.26. The van der Waals surface area contributed by atoms with Crippen LogP contribution in [0.25, 0.3) is 0 Å². The molecule has 1 aliphatic rings. The molecule has 0 saturated heterocycles. The molecule has 182 valence electrons. The topological polar surface area (TPSA) is 66.8 Å². The van der Waals surface area contributed by atoms with Gasteiger partial charge in [-0.05, 0) is 60.0 Å². The van der Waals surface area contributed by atoms with Gasteiger partial charge in [-0.3, -0.25) is 9.59 Å². The van der Waals surface area contributed by atoms with E-state index in [0.29, 0.717) is 39.2 Å². The molecule has 8 heteroatoms. The lowest BCUT2D eigenvalue weighted by atomic mass is 9.91. The minimum atomic E-state index is -0.966. The largest absolute Gasteiger partial charge is 0.487 e. The van der Waals surface area contributed by atoms with Crippen LogP contribution in [0.2, 0.25) is 15.1 Å². The SMILES string of the molecule is C[C@]1(Cc2cccc(Cl)c2Cl)Cc2cc(C(=O)N(CCC(=O)O)Cc3cccc(Cl)c3)ccc2O1. The molecule has 1 aliphatic heterocycles. The van der Waals surface area contributed by atoms with Crippen LogP contribution in [-0.4, -0.2) is 34.0 Å². The van der Waals surface area contributed by atoms with E-state index in [-0.39, 0.29) is 25.4 Å². The molecular formula is C27H24Cl3NO4. The summed E-state index contributed by atoms with van der Waals surface area (Å²) in [6.07, 6.45) is 0.998. The van der Waals surface area contributed by atoms with Crippen LogP contribution in [0.4, 0.5) is 0 Å². The molecule has 1 amide bonds. The lowest BCUT2D eigenvalue weighted by Crippen LogP contribution is -2.33. The number of halogens is 3. The van der Waals surface area contributed by atoms with Crippen molar-refractivity contribution in [2.75, 3.05) is 6.54 Å². The van der Waals surface area contributed by atoms with Crippen molar-refractivity contribution >= 4 is 46.7 Å². The number of hydrogen-bond donors (Lipinski definition) is 1. The molecule has 4 rings (SSSR count). The highest BCUT2D eigenvalue weighted by molar-refractivity contribution is 6.42. The summed E-state index contributed by atoms with van der Waals surface area (Å²) in [4.78, 5) is 26.1. The lowest BCUT2D eigenvalue weighted by Gasteiger charge is -2.24. The highest BCUT2D eigenvalue weighted by Crippen LogP contribution is 2.39. The standard InChI is InChI=1S/C27H24Cl3NO4/c1-27(14-19-5-3-7-22(29)25(19)30)15-20-13-18(8-9-23(20)35-27)26(34)31(11-10-24(32)33)16-17-4-2-6-21(28)12-17/h2-9,12-13H,10-11,14-16H2,1H3,(H,32,33)/t27-/m0/s1. The average molecular weight is 533 g/mol. The number of carboxylic acid groups (broad SMARTS) is 1. The highest BCUT2D eigenvalue weighted by atomic mass is 35.5. The van der Waals surface area contributed by atoms with E-state index < -0.39 is 11.6 Å². The quantitative estimate of drug-likeness (QED) is 0.350. The molecule has 3 aromatic carbocycles. The molecule has 3 aromatic rings. The number of fused-ring (bicyclic) bond motifs is 1. The summed E-state index contributed by atoms with van der Waals surface area (Å²) >= 11 is 18.7. The van der Waals surface area contributed by atoms with Gasteiger partial charge in [-0.25, -0.2) is 0 Å². The normalized spacial score (nSPS) is 16.5. The first-order valence-electron chi connectivity index (χ1n) is 11.1. The van der Waals surface area contributed by atoms with Gasteiger partial charge in [0.05, 0.1) is 16.5 Å². The summed E-state index contributed by atoms with van der Waals surface area (Å²) in [5, 5.41) is 10.7. The Labute approximate surface area is 219 Å². The van der Waals surface area contributed by atoms with Crippen LogP contribution < -0.4 is 4.74 Å². The van der Waals surface area contributed by atoms with E-state index in [9.17, 15) is 14.7 Å². The van der Waals surface area contributed by atoms with Gasteiger partial charge in [0.25, 0.3) is 5.91 Å². The smallest absolute Gasteiger partial charge is 0.305 e. The Morgan fingerprint density at radius 1 is 1.06 bits per heavy atom. The fourth-order valence-corrected chi connectivity index (χ4v) is 4.96. The molecular weight excluding hydrogens is 509 g/mol. The zero-order valence-corrected chi connectivity index (χ0v) is 21.3. The molecule has 5 nitrogen and oxygen atoms in total. The number of amides is 1. The molecule has 0 aromatic heterocycles. The van der Waals surface area contributed by atoms with E-state index in [2.05, 4.69) is 0 Å². The summed E-state index contributed by atoms with van der Waals surface area (Å²) in [6, 6.07) is 18.0. The number of carbonyl (C=O) groups excluding carboxylic acids is 1. The van der Waals surface area contributed by atoms with Gasteiger partial charge in [0, 0.05) is 36.5 Å². The number of aliphatic carboxylic acids is 1. The Kier molecular flexibility index (Phi) is 7.60. The van der Waals surface area contributed by atoms with Gasteiger partial charge in [0.2, 0.25) is 0 Å². The van der Waals surface area contributed by atoms with E-state index >= 15 is 0 Å². The molecule has 0 saturated carbocycles. The first-order chi connectivity index (χ1) is 16.6. The Hall–Kier alpha value is -2.73. The number of hydrogen-bond acceptors (Lipinski definition) is 3. The van der Waals surface area contributed by atoms with Gasteiger partial charge in [0.1, 0.15) is 11.4 Å².